The van der Waals surface area contributed by atoms with Crippen LogP contribution in [0.5, 0.6) is 0 Å². The van der Waals surface area contributed by atoms with Gasteiger partial charge in [0.15, 0.2) is 0 Å². The summed E-state index contributed by atoms with van der Waals surface area (Å²) in [7, 11) is 0. The van der Waals surface area contributed by atoms with Crippen molar-refractivity contribution in [2.45, 2.75) is 6.18 Å². The van der Waals surface area contributed by atoms with Gasteiger partial charge >= 0.3 is 6.18 Å². The van der Waals surface area contributed by atoms with E-state index in [0.29, 0.717) is 10.3 Å². The summed E-state index contributed by atoms with van der Waals surface area (Å²) in [6.07, 6.45) is -4.51. The molecule has 2 amide bonds. The van der Waals surface area contributed by atoms with Gasteiger partial charge in [0.2, 0.25) is 0 Å². The van der Waals surface area contributed by atoms with Crippen LogP contribution < -0.4 is 10.6 Å². The molecule has 1 aromatic heterocycles. The largest absolute Gasteiger partial charge is 0.405 e. The zero-order chi connectivity index (χ0) is 19.6. The van der Waals surface area contributed by atoms with Gasteiger partial charge in [0.05, 0.1) is 4.88 Å². The van der Waals surface area contributed by atoms with Crippen LogP contribution in [-0.4, -0.2) is 24.5 Å². The molecule has 4 nitrogen and oxygen atoms in total. The number of carbonyl (C=O) groups excluding carboxylic acids is 2. The lowest BCUT2D eigenvalue weighted by atomic mass is 10.2. The number of hydrogen-bond donors (Lipinski definition) is 2. The van der Waals surface area contributed by atoms with E-state index in [9.17, 15) is 27.2 Å². The van der Waals surface area contributed by atoms with Gasteiger partial charge in [-0.05, 0) is 47.9 Å². The molecule has 0 bridgehead atoms. The van der Waals surface area contributed by atoms with Crippen molar-refractivity contribution in [3.63, 3.8) is 0 Å². The van der Waals surface area contributed by atoms with Crippen molar-refractivity contribution in [2.75, 3.05) is 11.9 Å². The molecule has 9 heteroatoms. The molecular weight excluding hydrogens is 384 g/mol. The van der Waals surface area contributed by atoms with E-state index in [2.05, 4.69) is 5.32 Å². The van der Waals surface area contributed by atoms with Gasteiger partial charge in [0.1, 0.15) is 12.4 Å². The molecule has 0 aliphatic heterocycles. The number of fused-ring (bicyclic) bond motifs is 1. The third kappa shape index (κ3) is 4.82. The third-order valence-corrected chi connectivity index (χ3v) is 4.65. The maximum atomic E-state index is 13.2. The first kappa shape index (κ1) is 18.8. The second kappa shape index (κ2) is 7.36. The molecule has 0 atom stereocenters. The van der Waals surface area contributed by atoms with Crippen molar-refractivity contribution in [3.8, 4) is 0 Å². The first-order chi connectivity index (χ1) is 12.7. The third-order valence-electron chi connectivity index (χ3n) is 3.53. The maximum Gasteiger partial charge on any atom is 0.405 e. The summed E-state index contributed by atoms with van der Waals surface area (Å²) in [5.74, 6) is -1.78. The Bertz CT molecular complexity index is 1010. The van der Waals surface area contributed by atoms with Crippen LogP contribution in [0.25, 0.3) is 10.1 Å². The number of hydrogen-bond acceptors (Lipinski definition) is 3. The standard InChI is InChI=1S/C18H12F4N2O2S/c19-12-4-5-14-11(6-12)8-15(27-14)17(26)24-13-3-1-2-10(7-13)16(25)23-9-18(20,21)22/h1-8H,9H2,(H,23,25)(H,24,26). The van der Waals surface area contributed by atoms with Crippen LogP contribution in [0.4, 0.5) is 23.2 Å². The second-order valence-electron chi connectivity index (χ2n) is 5.63. The molecular formula is C18H12F4N2O2S. The number of amides is 2. The number of rotatable bonds is 4. The van der Waals surface area contributed by atoms with E-state index >= 15 is 0 Å². The van der Waals surface area contributed by atoms with Crippen LogP contribution in [0.3, 0.4) is 0 Å². The molecule has 3 rings (SSSR count). The number of halogens is 4. The molecule has 140 valence electrons. The van der Waals surface area contributed by atoms with Gasteiger partial charge in [-0.2, -0.15) is 13.2 Å². The summed E-state index contributed by atoms with van der Waals surface area (Å²) in [4.78, 5) is 24.5. The van der Waals surface area contributed by atoms with Gasteiger partial charge in [-0.25, -0.2) is 4.39 Å². The maximum absolute atomic E-state index is 13.2. The van der Waals surface area contributed by atoms with Crippen LogP contribution in [0.1, 0.15) is 20.0 Å². The van der Waals surface area contributed by atoms with E-state index in [1.807, 2.05) is 0 Å². The van der Waals surface area contributed by atoms with Gasteiger partial charge < -0.3 is 10.6 Å². The molecule has 27 heavy (non-hydrogen) atoms. The highest BCUT2D eigenvalue weighted by molar-refractivity contribution is 7.20. The molecule has 0 aliphatic carbocycles. The first-order valence-corrected chi connectivity index (χ1v) is 8.48. The molecule has 3 aromatic rings. The van der Waals surface area contributed by atoms with E-state index in [1.165, 1.54) is 53.8 Å². The summed E-state index contributed by atoms with van der Waals surface area (Å²) in [5, 5.41) is 4.93. The van der Waals surface area contributed by atoms with Crippen LogP contribution in [-0.2, 0) is 0 Å². The molecule has 0 radical (unpaired) electrons. The van der Waals surface area contributed by atoms with Crippen LogP contribution in [0, 0.1) is 5.82 Å². The van der Waals surface area contributed by atoms with E-state index in [1.54, 1.807) is 11.4 Å². The highest BCUT2D eigenvalue weighted by Crippen LogP contribution is 2.27. The minimum Gasteiger partial charge on any atom is -0.343 e. The van der Waals surface area contributed by atoms with E-state index in [-0.39, 0.29) is 11.3 Å². The van der Waals surface area contributed by atoms with Crippen molar-refractivity contribution >= 4 is 38.9 Å². The molecule has 0 unspecified atom stereocenters. The molecule has 0 saturated carbocycles. The summed E-state index contributed by atoms with van der Waals surface area (Å²) in [6, 6.07) is 11.3. The molecule has 0 saturated heterocycles. The predicted molar refractivity (Wildman–Crippen MR) is 94.6 cm³/mol. The van der Waals surface area contributed by atoms with Crippen LogP contribution in [0.2, 0.25) is 0 Å². The highest BCUT2D eigenvalue weighted by atomic mass is 32.1. The fourth-order valence-electron chi connectivity index (χ4n) is 2.34. The monoisotopic (exact) mass is 396 g/mol. The van der Waals surface area contributed by atoms with Gasteiger partial charge in [-0.15, -0.1) is 11.3 Å². The lowest BCUT2D eigenvalue weighted by Gasteiger charge is -2.09. The fraction of sp³-hybridized carbons (Fsp3) is 0.111. The molecule has 2 N–H and O–H groups in total. The Morgan fingerprint density at radius 1 is 1.00 bits per heavy atom. The number of anilines is 1. The summed E-state index contributed by atoms with van der Waals surface area (Å²) < 4.78 is 50.6. The highest BCUT2D eigenvalue weighted by Gasteiger charge is 2.27. The normalized spacial score (nSPS) is 11.4. The molecule has 2 aromatic carbocycles. The molecule has 1 heterocycles. The first-order valence-electron chi connectivity index (χ1n) is 7.67. The molecule has 0 spiro atoms. The Hall–Kier alpha value is -2.94. The average molecular weight is 396 g/mol. The van der Waals surface area contributed by atoms with E-state index in [0.717, 1.165) is 4.70 Å². The van der Waals surface area contributed by atoms with Crippen molar-refractivity contribution in [2.24, 2.45) is 0 Å². The van der Waals surface area contributed by atoms with Crippen molar-refractivity contribution < 1.29 is 27.2 Å². The van der Waals surface area contributed by atoms with E-state index in [4.69, 9.17) is 0 Å². The number of benzene rings is 2. The summed E-state index contributed by atoms with van der Waals surface area (Å²) >= 11 is 1.17. The zero-order valence-electron chi connectivity index (χ0n) is 13.6. The van der Waals surface area contributed by atoms with Crippen LogP contribution >= 0.6 is 11.3 Å². The molecule has 0 fully saturated rings. The summed E-state index contributed by atoms with van der Waals surface area (Å²) in [5.41, 5.74) is 0.235. The van der Waals surface area contributed by atoms with Gasteiger partial charge in [-0.3, -0.25) is 9.59 Å². The Morgan fingerprint density at radius 3 is 2.52 bits per heavy atom. The lowest BCUT2D eigenvalue weighted by molar-refractivity contribution is -0.123. The van der Waals surface area contributed by atoms with Gasteiger partial charge in [0, 0.05) is 16.0 Å². The Morgan fingerprint density at radius 2 is 1.78 bits per heavy atom. The minimum absolute atomic E-state index is 0.0181. The van der Waals surface area contributed by atoms with Crippen molar-refractivity contribution in [3.05, 3.63) is 64.8 Å². The Labute approximate surface area is 154 Å². The SMILES string of the molecule is O=C(NCC(F)(F)F)c1cccc(NC(=O)c2cc3cc(F)ccc3s2)c1. The Balaban J connectivity index is 1.73. The average Bonchev–Trinajstić information content (AvgIpc) is 3.02. The van der Waals surface area contributed by atoms with Gasteiger partial charge in [-0.1, -0.05) is 6.07 Å². The number of thiophene rings is 1. The summed E-state index contributed by atoms with van der Waals surface area (Å²) in [6.45, 7) is -1.44. The van der Waals surface area contributed by atoms with Crippen molar-refractivity contribution in [1.29, 1.82) is 0 Å². The van der Waals surface area contributed by atoms with Gasteiger partial charge in [0.25, 0.3) is 11.8 Å². The van der Waals surface area contributed by atoms with E-state index < -0.39 is 30.4 Å². The zero-order valence-corrected chi connectivity index (χ0v) is 14.4. The predicted octanol–water partition coefficient (Wildman–Crippen LogP) is 4.58. The lowest BCUT2D eigenvalue weighted by Crippen LogP contribution is -2.33. The van der Waals surface area contributed by atoms with Crippen molar-refractivity contribution in [1.82, 2.24) is 5.32 Å². The smallest absolute Gasteiger partial charge is 0.343 e. The number of alkyl halides is 3. The second-order valence-corrected chi connectivity index (χ2v) is 6.71. The topological polar surface area (TPSA) is 58.2 Å². The Kier molecular flexibility index (Phi) is 5.13. The quantitative estimate of drug-likeness (QED) is 0.634. The molecule has 0 aliphatic rings. The number of carbonyl (C=O) groups is 2. The number of nitrogens with one attached hydrogen (secondary N) is 2. The minimum atomic E-state index is -4.51. The fourth-order valence-corrected chi connectivity index (χ4v) is 3.28. The van der Waals surface area contributed by atoms with Crippen LogP contribution in [0.15, 0.2) is 48.5 Å².